The zero-order chi connectivity index (χ0) is 13.5. The zero-order valence-electron chi connectivity index (χ0n) is 12.2. The Morgan fingerprint density at radius 3 is 2.58 bits per heavy atom. The third-order valence-corrected chi connectivity index (χ3v) is 3.59. The molecule has 0 bridgehead atoms. The lowest BCUT2D eigenvalue weighted by Gasteiger charge is -2.34. The predicted octanol–water partition coefficient (Wildman–Crippen LogP) is 2.04. The Bertz CT molecular complexity index is 372. The van der Waals surface area contributed by atoms with Crippen LogP contribution in [0, 0.1) is 0 Å². The van der Waals surface area contributed by atoms with Gasteiger partial charge in [-0.05, 0) is 37.6 Å². The molecule has 1 aliphatic heterocycles. The van der Waals surface area contributed by atoms with Crippen LogP contribution in [0.3, 0.4) is 0 Å². The molecule has 0 spiro atoms. The maximum atomic E-state index is 4.32. The van der Waals surface area contributed by atoms with Crippen LogP contribution in [0.1, 0.15) is 25.8 Å². The number of aromatic nitrogens is 1. The van der Waals surface area contributed by atoms with Crippen molar-refractivity contribution in [2.75, 3.05) is 44.6 Å². The molecule has 1 aliphatic rings. The molecule has 2 rings (SSSR count). The van der Waals surface area contributed by atoms with Crippen molar-refractivity contribution in [1.29, 1.82) is 0 Å². The molecule has 0 unspecified atom stereocenters. The highest BCUT2D eigenvalue weighted by Crippen LogP contribution is 2.11. The van der Waals surface area contributed by atoms with Crippen molar-refractivity contribution in [2.24, 2.45) is 0 Å². The van der Waals surface area contributed by atoms with Crippen molar-refractivity contribution < 1.29 is 0 Å². The smallest absolute Gasteiger partial charge is 0.126 e. The van der Waals surface area contributed by atoms with E-state index in [-0.39, 0.29) is 0 Å². The van der Waals surface area contributed by atoms with Crippen LogP contribution < -0.4 is 5.32 Å². The summed E-state index contributed by atoms with van der Waals surface area (Å²) in [5, 5.41) is 3.27. The lowest BCUT2D eigenvalue weighted by molar-refractivity contribution is 0.127. The van der Waals surface area contributed by atoms with Gasteiger partial charge in [-0.3, -0.25) is 4.90 Å². The van der Waals surface area contributed by atoms with Gasteiger partial charge < -0.3 is 10.2 Å². The van der Waals surface area contributed by atoms with Crippen molar-refractivity contribution >= 4 is 5.82 Å². The maximum Gasteiger partial charge on any atom is 0.126 e. The van der Waals surface area contributed by atoms with Gasteiger partial charge in [-0.1, -0.05) is 6.92 Å². The Hall–Kier alpha value is -1.13. The molecule has 0 saturated carbocycles. The summed E-state index contributed by atoms with van der Waals surface area (Å²) in [5.41, 5.74) is 1.36. The first-order valence-corrected chi connectivity index (χ1v) is 7.45. The Morgan fingerprint density at radius 2 is 1.89 bits per heavy atom. The van der Waals surface area contributed by atoms with Crippen molar-refractivity contribution in [3.63, 3.8) is 0 Å². The fraction of sp³-hybridized carbons (Fsp3) is 0.667. The topological polar surface area (TPSA) is 31.4 Å². The van der Waals surface area contributed by atoms with E-state index < -0.39 is 0 Å². The second kappa shape index (κ2) is 7.46. The van der Waals surface area contributed by atoms with Gasteiger partial charge in [0, 0.05) is 45.5 Å². The van der Waals surface area contributed by atoms with Gasteiger partial charge in [0.05, 0.1) is 0 Å². The summed E-state index contributed by atoms with van der Waals surface area (Å²) >= 11 is 0. The molecule has 0 aliphatic carbocycles. The summed E-state index contributed by atoms with van der Waals surface area (Å²) in [5.74, 6) is 0.990. The molecule has 0 amide bonds. The summed E-state index contributed by atoms with van der Waals surface area (Å²) in [6.07, 6.45) is 3.16. The maximum absolute atomic E-state index is 4.32. The highest BCUT2D eigenvalue weighted by molar-refractivity contribution is 5.37. The van der Waals surface area contributed by atoms with Crippen LogP contribution in [0.2, 0.25) is 0 Å². The Labute approximate surface area is 116 Å². The van der Waals surface area contributed by atoms with Crippen LogP contribution in [0.15, 0.2) is 18.3 Å². The molecular weight excluding hydrogens is 236 g/mol. The minimum absolute atomic E-state index is 0.923. The van der Waals surface area contributed by atoms with E-state index in [0.717, 1.165) is 18.9 Å². The van der Waals surface area contributed by atoms with E-state index in [1.807, 2.05) is 6.20 Å². The number of hydrogen-bond acceptors (Lipinski definition) is 4. The predicted molar refractivity (Wildman–Crippen MR) is 80.4 cm³/mol. The normalized spacial score (nSPS) is 17.6. The van der Waals surface area contributed by atoms with E-state index in [9.17, 15) is 0 Å². The molecule has 4 heteroatoms. The van der Waals surface area contributed by atoms with E-state index in [1.54, 1.807) is 0 Å². The first kappa shape index (κ1) is 14.3. The van der Waals surface area contributed by atoms with Crippen LogP contribution in [-0.2, 0) is 6.54 Å². The standard InChI is InChI=1S/C15H26N4/c1-3-7-18-8-10-19(11-9-18)13-14-5-6-17-15(12-14)16-4-2/h5-6,12H,3-4,7-11,13H2,1-2H3,(H,16,17). The third-order valence-electron chi connectivity index (χ3n) is 3.59. The average molecular weight is 262 g/mol. The second-order valence-electron chi connectivity index (χ2n) is 5.20. The van der Waals surface area contributed by atoms with Gasteiger partial charge in [0.2, 0.25) is 0 Å². The molecule has 1 fully saturated rings. The molecule has 19 heavy (non-hydrogen) atoms. The van der Waals surface area contributed by atoms with Gasteiger partial charge >= 0.3 is 0 Å². The Balaban J connectivity index is 1.83. The zero-order valence-corrected chi connectivity index (χ0v) is 12.2. The van der Waals surface area contributed by atoms with Gasteiger partial charge in [-0.25, -0.2) is 4.98 Å². The highest BCUT2D eigenvalue weighted by atomic mass is 15.3. The summed E-state index contributed by atoms with van der Waals surface area (Å²) in [7, 11) is 0. The number of nitrogens with zero attached hydrogens (tertiary/aromatic N) is 3. The Morgan fingerprint density at radius 1 is 1.16 bits per heavy atom. The first-order chi connectivity index (χ1) is 9.31. The second-order valence-corrected chi connectivity index (χ2v) is 5.20. The van der Waals surface area contributed by atoms with Crippen molar-refractivity contribution in [1.82, 2.24) is 14.8 Å². The molecule has 1 aromatic rings. The van der Waals surface area contributed by atoms with E-state index in [4.69, 9.17) is 0 Å². The number of anilines is 1. The molecule has 1 saturated heterocycles. The number of piperazine rings is 1. The highest BCUT2D eigenvalue weighted by Gasteiger charge is 2.16. The monoisotopic (exact) mass is 262 g/mol. The molecule has 0 atom stereocenters. The molecule has 4 nitrogen and oxygen atoms in total. The van der Waals surface area contributed by atoms with Gasteiger partial charge in [0.15, 0.2) is 0 Å². The van der Waals surface area contributed by atoms with Gasteiger partial charge in [-0.2, -0.15) is 0 Å². The Kier molecular flexibility index (Phi) is 5.61. The summed E-state index contributed by atoms with van der Waals surface area (Å²) < 4.78 is 0. The van der Waals surface area contributed by atoms with Crippen molar-refractivity contribution in [3.8, 4) is 0 Å². The number of rotatable bonds is 6. The fourth-order valence-electron chi connectivity index (χ4n) is 2.60. The van der Waals surface area contributed by atoms with Crippen LogP contribution >= 0.6 is 0 Å². The van der Waals surface area contributed by atoms with E-state index in [2.05, 4.69) is 46.1 Å². The van der Waals surface area contributed by atoms with Gasteiger partial charge in [0.25, 0.3) is 0 Å². The SMILES string of the molecule is CCCN1CCN(Cc2ccnc(NCC)c2)CC1. The molecule has 2 heterocycles. The molecular formula is C15H26N4. The first-order valence-electron chi connectivity index (χ1n) is 7.45. The molecule has 106 valence electrons. The van der Waals surface area contributed by atoms with Crippen LogP contribution in [0.5, 0.6) is 0 Å². The quantitative estimate of drug-likeness (QED) is 0.850. The number of hydrogen-bond donors (Lipinski definition) is 1. The lowest BCUT2D eigenvalue weighted by atomic mass is 10.2. The van der Waals surface area contributed by atoms with Gasteiger partial charge in [-0.15, -0.1) is 0 Å². The number of pyridine rings is 1. The van der Waals surface area contributed by atoms with Gasteiger partial charge in [0.1, 0.15) is 5.82 Å². The van der Waals surface area contributed by atoms with E-state index in [1.165, 1.54) is 44.7 Å². The van der Waals surface area contributed by atoms with Crippen LogP contribution in [0.4, 0.5) is 5.82 Å². The molecule has 1 N–H and O–H groups in total. The van der Waals surface area contributed by atoms with E-state index >= 15 is 0 Å². The van der Waals surface area contributed by atoms with Crippen molar-refractivity contribution in [2.45, 2.75) is 26.8 Å². The van der Waals surface area contributed by atoms with Crippen molar-refractivity contribution in [3.05, 3.63) is 23.9 Å². The minimum atomic E-state index is 0.923. The lowest BCUT2D eigenvalue weighted by Crippen LogP contribution is -2.45. The summed E-state index contributed by atoms with van der Waals surface area (Å²) in [6.45, 7) is 12.3. The average Bonchev–Trinajstić information content (AvgIpc) is 2.42. The van der Waals surface area contributed by atoms with E-state index in [0.29, 0.717) is 0 Å². The largest absolute Gasteiger partial charge is 0.370 e. The molecule has 1 aromatic heterocycles. The van der Waals surface area contributed by atoms with Crippen LogP contribution in [-0.4, -0.2) is 54.1 Å². The summed E-state index contributed by atoms with van der Waals surface area (Å²) in [6, 6.07) is 4.29. The van der Waals surface area contributed by atoms with Crippen LogP contribution in [0.25, 0.3) is 0 Å². The molecule has 0 aromatic carbocycles. The molecule has 0 radical (unpaired) electrons. The third kappa shape index (κ3) is 4.48. The fourth-order valence-corrected chi connectivity index (χ4v) is 2.60. The minimum Gasteiger partial charge on any atom is -0.370 e. The summed E-state index contributed by atoms with van der Waals surface area (Å²) in [4.78, 5) is 9.42. The number of nitrogens with one attached hydrogen (secondary N) is 1.